The van der Waals surface area contributed by atoms with Gasteiger partial charge < -0.3 is 9.84 Å². The summed E-state index contributed by atoms with van der Waals surface area (Å²) in [6, 6.07) is 11.2. The summed E-state index contributed by atoms with van der Waals surface area (Å²) in [5.74, 6) is 1.02. The molecule has 1 N–H and O–H groups in total. The lowest BCUT2D eigenvalue weighted by Crippen LogP contribution is -2.42. The van der Waals surface area contributed by atoms with Crippen molar-refractivity contribution in [3.63, 3.8) is 0 Å². The van der Waals surface area contributed by atoms with Crippen LogP contribution >= 0.6 is 11.6 Å². The van der Waals surface area contributed by atoms with Gasteiger partial charge in [0.15, 0.2) is 0 Å². The second-order valence-electron chi connectivity index (χ2n) is 7.14. The van der Waals surface area contributed by atoms with Gasteiger partial charge >= 0.3 is 0 Å². The lowest BCUT2D eigenvalue weighted by Gasteiger charge is -2.30. The molecule has 1 fully saturated rings. The Morgan fingerprint density at radius 2 is 2.17 bits per heavy atom. The van der Waals surface area contributed by atoms with Gasteiger partial charge in [0.2, 0.25) is 17.6 Å². The number of hydrogen-bond acceptors (Lipinski definition) is 6. The number of piperidine rings is 1. The van der Waals surface area contributed by atoms with Crippen LogP contribution in [0.3, 0.4) is 0 Å². The number of rotatable bonds is 6. The van der Waals surface area contributed by atoms with Crippen LogP contribution in [0, 0.1) is 5.92 Å². The normalized spacial score (nSPS) is 17.2. The summed E-state index contributed by atoms with van der Waals surface area (Å²) in [5, 5.41) is 7.65. The average molecular weight is 412 g/mol. The minimum atomic E-state index is -0.0496. The first kappa shape index (κ1) is 19.5. The van der Waals surface area contributed by atoms with Crippen molar-refractivity contribution in [2.24, 2.45) is 5.92 Å². The number of benzene rings is 1. The number of nitrogens with zero attached hydrogens (tertiary/aromatic N) is 4. The Hall–Kier alpha value is -2.77. The molecule has 1 aliphatic heterocycles. The lowest BCUT2D eigenvalue weighted by atomic mass is 9.97. The highest BCUT2D eigenvalue weighted by molar-refractivity contribution is 6.33. The summed E-state index contributed by atoms with van der Waals surface area (Å²) >= 11 is 6.21. The molecule has 1 aromatic carbocycles. The van der Waals surface area contributed by atoms with E-state index in [1.54, 1.807) is 18.5 Å². The number of halogens is 1. The molecule has 3 heterocycles. The average Bonchev–Trinajstić information content (AvgIpc) is 3.21. The third-order valence-corrected chi connectivity index (χ3v) is 5.34. The summed E-state index contributed by atoms with van der Waals surface area (Å²) in [6.45, 7) is 2.58. The van der Waals surface area contributed by atoms with Gasteiger partial charge in [-0.3, -0.25) is 14.7 Å². The second-order valence-corrected chi connectivity index (χ2v) is 7.55. The predicted octanol–water partition coefficient (Wildman–Crippen LogP) is 3.31. The summed E-state index contributed by atoms with van der Waals surface area (Å²) in [4.78, 5) is 23.3. The predicted molar refractivity (Wildman–Crippen MR) is 109 cm³/mol. The molecular formula is C21H22ClN5O2. The van der Waals surface area contributed by atoms with Crippen LogP contribution in [0.1, 0.15) is 24.3 Å². The molecule has 150 valence electrons. The molecule has 1 atom stereocenters. The fourth-order valence-corrected chi connectivity index (χ4v) is 3.73. The Morgan fingerprint density at radius 1 is 1.28 bits per heavy atom. The minimum absolute atomic E-state index is 0.0496. The molecule has 0 spiro atoms. The van der Waals surface area contributed by atoms with E-state index in [4.69, 9.17) is 16.1 Å². The summed E-state index contributed by atoms with van der Waals surface area (Å²) in [6.07, 6.45) is 5.32. The molecule has 4 rings (SSSR count). The fourth-order valence-electron chi connectivity index (χ4n) is 3.51. The molecule has 1 saturated heterocycles. The number of pyridine rings is 1. The van der Waals surface area contributed by atoms with Crippen molar-refractivity contribution in [2.75, 3.05) is 13.1 Å². The van der Waals surface area contributed by atoms with Gasteiger partial charge in [0.05, 0.1) is 17.5 Å². The van der Waals surface area contributed by atoms with E-state index in [0.717, 1.165) is 30.5 Å². The number of likely N-dealkylation sites (tertiary alicyclic amines) is 1. The number of amides is 1. The molecule has 1 aliphatic rings. The first-order chi connectivity index (χ1) is 14.2. The third-order valence-electron chi connectivity index (χ3n) is 5.01. The lowest BCUT2D eigenvalue weighted by molar-refractivity contribution is -0.127. The monoisotopic (exact) mass is 411 g/mol. The molecule has 7 nitrogen and oxygen atoms in total. The molecular weight excluding hydrogens is 390 g/mol. The van der Waals surface area contributed by atoms with Crippen molar-refractivity contribution in [1.82, 2.24) is 25.3 Å². The van der Waals surface area contributed by atoms with Gasteiger partial charge in [-0.25, -0.2) is 0 Å². The SMILES string of the molecule is O=C(NCc1cccnc1)C1CCCN(Cc2nc(-c3ccccc3Cl)no2)C1. The van der Waals surface area contributed by atoms with Gasteiger partial charge in [0.1, 0.15) is 0 Å². The molecule has 2 aromatic heterocycles. The van der Waals surface area contributed by atoms with Gasteiger partial charge in [-0.05, 0) is 43.1 Å². The highest BCUT2D eigenvalue weighted by Gasteiger charge is 2.27. The molecule has 0 aliphatic carbocycles. The summed E-state index contributed by atoms with van der Waals surface area (Å²) in [5.41, 5.74) is 1.74. The van der Waals surface area contributed by atoms with Crippen LogP contribution in [0.4, 0.5) is 0 Å². The summed E-state index contributed by atoms with van der Waals surface area (Å²) in [7, 11) is 0. The first-order valence-electron chi connectivity index (χ1n) is 9.65. The smallest absolute Gasteiger partial charge is 0.241 e. The van der Waals surface area contributed by atoms with Gasteiger partial charge in [0, 0.05) is 31.0 Å². The van der Waals surface area contributed by atoms with E-state index in [0.29, 0.717) is 36.4 Å². The maximum atomic E-state index is 12.6. The molecule has 3 aromatic rings. The van der Waals surface area contributed by atoms with E-state index >= 15 is 0 Å². The number of aromatic nitrogens is 3. The Labute approximate surface area is 174 Å². The van der Waals surface area contributed by atoms with Crippen molar-refractivity contribution >= 4 is 17.5 Å². The topological polar surface area (TPSA) is 84.2 Å². The third kappa shape index (κ3) is 4.99. The molecule has 8 heteroatoms. The van der Waals surface area contributed by atoms with Crippen LogP contribution in [0.25, 0.3) is 11.4 Å². The van der Waals surface area contributed by atoms with Crippen LogP contribution in [0.5, 0.6) is 0 Å². The van der Waals surface area contributed by atoms with Crippen molar-refractivity contribution < 1.29 is 9.32 Å². The van der Waals surface area contributed by atoms with Gasteiger partial charge in [-0.1, -0.05) is 35.0 Å². The second kappa shape index (κ2) is 9.15. The van der Waals surface area contributed by atoms with Crippen molar-refractivity contribution in [1.29, 1.82) is 0 Å². The molecule has 0 bridgehead atoms. The van der Waals surface area contributed by atoms with Crippen molar-refractivity contribution in [3.05, 3.63) is 65.3 Å². The molecule has 1 amide bonds. The Kier molecular flexibility index (Phi) is 6.17. The zero-order valence-corrected chi connectivity index (χ0v) is 16.7. The van der Waals surface area contributed by atoms with E-state index in [2.05, 4.69) is 25.3 Å². The summed E-state index contributed by atoms with van der Waals surface area (Å²) < 4.78 is 5.41. The Balaban J connectivity index is 1.33. The van der Waals surface area contributed by atoms with E-state index in [-0.39, 0.29) is 11.8 Å². The zero-order chi connectivity index (χ0) is 20.1. The van der Waals surface area contributed by atoms with Gasteiger partial charge in [0.25, 0.3) is 0 Å². The minimum Gasteiger partial charge on any atom is -0.352 e. The van der Waals surface area contributed by atoms with Crippen LogP contribution in [-0.4, -0.2) is 39.0 Å². The fraction of sp³-hybridized carbons (Fsp3) is 0.333. The number of carbonyl (C=O) groups excluding carboxylic acids is 1. The van der Waals surface area contributed by atoms with Crippen LogP contribution in [0.15, 0.2) is 53.3 Å². The van der Waals surface area contributed by atoms with Crippen LogP contribution in [-0.2, 0) is 17.9 Å². The number of carbonyl (C=O) groups is 1. The number of nitrogens with one attached hydrogen (secondary N) is 1. The van der Waals surface area contributed by atoms with Crippen LogP contribution < -0.4 is 5.32 Å². The maximum Gasteiger partial charge on any atom is 0.241 e. The zero-order valence-electron chi connectivity index (χ0n) is 15.9. The molecule has 0 saturated carbocycles. The van der Waals surface area contributed by atoms with E-state index in [1.165, 1.54) is 0 Å². The molecule has 29 heavy (non-hydrogen) atoms. The van der Waals surface area contributed by atoms with Crippen molar-refractivity contribution in [3.8, 4) is 11.4 Å². The maximum absolute atomic E-state index is 12.6. The van der Waals surface area contributed by atoms with E-state index in [9.17, 15) is 4.79 Å². The van der Waals surface area contributed by atoms with Gasteiger partial charge in [-0.15, -0.1) is 0 Å². The molecule has 1 unspecified atom stereocenters. The standard InChI is InChI=1S/C21H22ClN5O2/c22-18-8-2-1-7-17(18)20-25-19(29-26-20)14-27-10-4-6-16(13-27)21(28)24-12-15-5-3-9-23-11-15/h1-3,5,7-9,11,16H,4,6,10,12-14H2,(H,24,28). The van der Waals surface area contributed by atoms with Gasteiger partial charge in [-0.2, -0.15) is 4.98 Å². The van der Waals surface area contributed by atoms with E-state index < -0.39 is 0 Å². The van der Waals surface area contributed by atoms with Crippen molar-refractivity contribution in [2.45, 2.75) is 25.9 Å². The highest BCUT2D eigenvalue weighted by atomic mass is 35.5. The van der Waals surface area contributed by atoms with Crippen LogP contribution in [0.2, 0.25) is 5.02 Å². The number of hydrogen-bond donors (Lipinski definition) is 1. The Bertz CT molecular complexity index is 962. The molecule has 0 radical (unpaired) electrons. The highest BCUT2D eigenvalue weighted by Crippen LogP contribution is 2.25. The quantitative estimate of drug-likeness (QED) is 0.669. The largest absolute Gasteiger partial charge is 0.352 e. The Morgan fingerprint density at radius 3 is 3.00 bits per heavy atom. The van der Waals surface area contributed by atoms with E-state index in [1.807, 2.05) is 30.3 Å². The first-order valence-corrected chi connectivity index (χ1v) is 10.0.